The number of hydrogen-bond acceptors (Lipinski definition) is 8. The molecule has 9 heteroatoms. The van der Waals surface area contributed by atoms with Crippen molar-refractivity contribution < 1.29 is 4.42 Å². The van der Waals surface area contributed by atoms with Crippen LogP contribution in [0.1, 0.15) is 0 Å². The van der Waals surface area contributed by atoms with Gasteiger partial charge in [-0.25, -0.2) is 15.0 Å². The minimum atomic E-state index is 0.222. The number of nitrogen functional groups attached to an aromatic ring is 2. The maximum atomic E-state index is 5.93. The van der Waals surface area contributed by atoms with E-state index in [0.717, 1.165) is 0 Å². The van der Waals surface area contributed by atoms with Crippen LogP contribution in [0.3, 0.4) is 0 Å². The molecule has 0 aromatic carbocycles. The second kappa shape index (κ2) is 4.28. The predicted molar refractivity (Wildman–Crippen MR) is 78.4 cm³/mol. The fraction of sp³-hybridized carbons (Fsp3) is 0. The molecule has 0 aliphatic heterocycles. The minimum absolute atomic E-state index is 0.222. The van der Waals surface area contributed by atoms with Crippen molar-refractivity contribution >= 4 is 28.1 Å². The molecule has 0 atom stereocenters. The molecule has 8 nitrogen and oxygen atoms in total. The van der Waals surface area contributed by atoms with E-state index >= 15 is 0 Å². The molecular formula is C12H9N7OS. The molecule has 4 heterocycles. The lowest BCUT2D eigenvalue weighted by Gasteiger charge is -2.00. The second-order valence-corrected chi connectivity index (χ2v) is 5.14. The van der Waals surface area contributed by atoms with Crippen molar-refractivity contribution in [1.82, 2.24) is 24.6 Å². The topological polar surface area (TPSA) is 121 Å². The van der Waals surface area contributed by atoms with Crippen molar-refractivity contribution in [2.24, 2.45) is 0 Å². The fourth-order valence-corrected chi connectivity index (χ4v) is 2.52. The van der Waals surface area contributed by atoms with Crippen molar-refractivity contribution in [2.45, 2.75) is 0 Å². The molecule has 0 unspecified atom stereocenters. The van der Waals surface area contributed by atoms with Crippen molar-refractivity contribution in [1.29, 1.82) is 0 Å². The third-order valence-corrected chi connectivity index (χ3v) is 3.55. The Kier molecular flexibility index (Phi) is 2.42. The van der Waals surface area contributed by atoms with Gasteiger partial charge >= 0.3 is 0 Å². The van der Waals surface area contributed by atoms with Crippen LogP contribution in [0.15, 0.2) is 34.3 Å². The first kappa shape index (κ1) is 11.9. The van der Waals surface area contributed by atoms with Gasteiger partial charge in [0.05, 0.1) is 12.0 Å². The van der Waals surface area contributed by atoms with Crippen LogP contribution in [0.4, 0.5) is 11.1 Å². The highest BCUT2D eigenvalue weighted by atomic mass is 32.1. The van der Waals surface area contributed by atoms with Crippen LogP contribution in [-0.2, 0) is 0 Å². The van der Waals surface area contributed by atoms with E-state index in [0.29, 0.717) is 33.8 Å². The average Bonchev–Trinajstić information content (AvgIpc) is 3.17. The zero-order valence-electron chi connectivity index (χ0n) is 10.6. The van der Waals surface area contributed by atoms with Gasteiger partial charge in [-0.3, -0.25) is 0 Å². The van der Waals surface area contributed by atoms with Gasteiger partial charge in [-0.1, -0.05) is 0 Å². The average molecular weight is 299 g/mol. The summed E-state index contributed by atoms with van der Waals surface area (Å²) in [5, 5.41) is 6.57. The maximum absolute atomic E-state index is 5.93. The molecule has 0 bridgehead atoms. The van der Waals surface area contributed by atoms with Crippen molar-refractivity contribution in [3.63, 3.8) is 0 Å². The monoisotopic (exact) mass is 299 g/mol. The summed E-state index contributed by atoms with van der Waals surface area (Å²) in [5.41, 5.74) is 13.4. The first-order chi connectivity index (χ1) is 10.2. The summed E-state index contributed by atoms with van der Waals surface area (Å²) in [6.07, 6.45) is 1.56. The van der Waals surface area contributed by atoms with Crippen LogP contribution in [0.2, 0.25) is 0 Å². The van der Waals surface area contributed by atoms with Gasteiger partial charge in [0.2, 0.25) is 11.8 Å². The molecule has 0 amide bonds. The Morgan fingerprint density at radius 3 is 2.76 bits per heavy atom. The highest BCUT2D eigenvalue weighted by molar-refractivity contribution is 7.13. The first-order valence-electron chi connectivity index (χ1n) is 5.99. The number of aromatic nitrogens is 5. The quantitative estimate of drug-likeness (QED) is 0.577. The summed E-state index contributed by atoms with van der Waals surface area (Å²) >= 11 is 1.34. The van der Waals surface area contributed by atoms with Gasteiger partial charge in [0.25, 0.3) is 0 Å². The maximum Gasteiger partial charge on any atom is 0.223 e. The first-order valence-corrected chi connectivity index (χ1v) is 6.87. The summed E-state index contributed by atoms with van der Waals surface area (Å²) in [5.74, 6) is 1.24. The van der Waals surface area contributed by atoms with Crippen LogP contribution in [-0.4, -0.2) is 24.6 Å². The standard InChI is InChI=1S/C12H9N7OS/c13-11-15-6(7-5-21-12(14)16-7)4-9-17-10(18-19(9)11)8-2-1-3-20-8/h1-5H,(H2,13,15)(H2,14,16). The van der Waals surface area contributed by atoms with Crippen LogP contribution >= 0.6 is 11.3 Å². The second-order valence-electron chi connectivity index (χ2n) is 4.25. The van der Waals surface area contributed by atoms with E-state index in [1.165, 1.54) is 15.9 Å². The van der Waals surface area contributed by atoms with Gasteiger partial charge in [-0.05, 0) is 12.1 Å². The lowest BCUT2D eigenvalue weighted by atomic mass is 10.3. The van der Waals surface area contributed by atoms with E-state index in [9.17, 15) is 0 Å². The van der Waals surface area contributed by atoms with Crippen LogP contribution < -0.4 is 11.5 Å². The molecule has 21 heavy (non-hydrogen) atoms. The summed E-state index contributed by atoms with van der Waals surface area (Å²) < 4.78 is 6.74. The van der Waals surface area contributed by atoms with E-state index in [-0.39, 0.29) is 5.95 Å². The molecule has 0 saturated heterocycles. The number of anilines is 2. The summed E-state index contributed by atoms with van der Waals surface area (Å²) in [4.78, 5) is 12.9. The summed E-state index contributed by atoms with van der Waals surface area (Å²) in [6, 6.07) is 5.30. The molecule has 0 saturated carbocycles. The summed E-state index contributed by atoms with van der Waals surface area (Å²) in [6.45, 7) is 0. The van der Waals surface area contributed by atoms with E-state index in [1.54, 1.807) is 24.5 Å². The normalized spacial score (nSPS) is 11.2. The smallest absolute Gasteiger partial charge is 0.223 e. The Morgan fingerprint density at radius 1 is 1.14 bits per heavy atom. The van der Waals surface area contributed by atoms with Gasteiger partial charge in [-0.15, -0.1) is 16.4 Å². The van der Waals surface area contributed by atoms with Crippen LogP contribution in [0, 0.1) is 0 Å². The molecule has 4 aromatic heterocycles. The Morgan fingerprint density at radius 2 is 2.05 bits per heavy atom. The zero-order valence-corrected chi connectivity index (χ0v) is 11.4. The lowest BCUT2D eigenvalue weighted by molar-refractivity contribution is 0.577. The van der Waals surface area contributed by atoms with Crippen LogP contribution in [0.25, 0.3) is 28.6 Å². The van der Waals surface area contributed by atoms with Crippen molar-refractivity contribution in [2.75, 3.05) is 11.5 Å². The van der Waals surface area contributed by atoms with Gasteiger partial charge in [0, 0.05) is 11.4 Å². The van der Waals surface area contributed by atoms with Gasteiger partial charge in [0.1, 0.15) is 5.69 Å². The number of hydrogen-bond donors (Lipinski definition) is 2. The third-order valence-electron chi connectivity index (χ3n) is 2.88. The zero-order chi connectivity index (χ0) is 14.4. The molecule has 0 spiro atoms. The number of thiazole rings is 1. The number of fused-ring (bicyclic) bond motifs is 1. The SMILES string of the molecule is Nc1nc(-c2cc3nc(-c4ccco4)nn3c(N)n2)cs1. The van der Waals surface area contributed by atoms with E-state index in [4.69, 9.17) is 15.9 Å². The van der Waals surface area contributed by atoms with E-state index < -0.39 is 0 Å². The number of nitrogens with zero attached hydrogens (tertiary/aromatic N) is 5. The lowest BCUT2D eigenvalue weighted by Crippen LogP contribution is -2.03. The summed E-state index contributed by atoms with van der Waals surface area (Å²) in [7, 11) is 0. The highest BCUT2D eigenvalue weighted by Gasteiger charge is 2.14. The van der Waals surface area contributed by atoms with Crippen LogP contribution in [0.5, 0.6) is 0 Å². The number of nitrogens with two attached hydrogens (primary N) is 2. The largest absolute Gasteiger partial charge is 0.461 e. The molecule has 0 radical (unpaired) electrons. The molecule has 4 aromatic rings. The van der Waals surface area contributed by atoms with Crippen molar-refractivity contribution in [3.05, 3.63) is 29.8 Å². The van der Waals surface area contributed by atoms with Gasteiger partial charge < -0.3 is 15.9 Å². The van der Waals surface area contributed by atoms with Gasteiger partial charge in [0.15, 0.2) is 16.5 Å². The Balaban J connectivity index is 1.89. The predicted octanol–water partition coefficient (Wildman–Crippen LogP) is 1.67. The van der Waals surface area contributed by atoms with E-state index in [2.05, 4.69) is 20.1 Å². The van der Waals surface area contributed by atoms with E-state index in [1.807, 2.05) is 5.38 Å². The molecule has 0 fully saturated rings. The number of furan rings is 1. The Labute approximate surface area is 122 Å². The Bertz CT molecular complexity index is 925. The van der Waals surface area contributed by atoms with Gasteiger partial charge in [-0.2, -0.15) is 4.52 Å². The fourth-order valence-electron chi connectivity index (χ4n) is 1.96. The molecular weight excluding hydrogens is 290 g/mol. The molecule has 4 N–H and O–H groups in total. The minimum Gasteiger partial charge on any atom is -0.461 e. The highest BCUT2D eigenvalue weighted by Crippen LogP contribution is 2.24. The molecule has 0 aliphatic carbocycles. The molecule has 4 rings (SSSR count). The number of rotatable bonds is 2. The van der Waals surface area contributed by atoms with Crippen molar-refractivity contribution in [3.8, 4) is 23.0 Å². The molecule has 104 valence electrons. The molecule has 0 aliphatic rings. The Hall–Kier alpha value is -2.94. The third kappa shape index (κ3) is 1.91.